The number of rotatable bonds is 7. The molecule has 0 bridgehead atoms. The van der Waals surface area contributed by atoms with Gasteiger partial charge in [0.1, 0.15) is 5.75 Å². The van der Waals surface area contributed by atoms with Crippen molar-refractivity contribution in [3.63, 3.8) is 0 Å². The molecule has 18 heavy (non-hydrogen) atoms. The Morgan fingerprint density at radius 1 is 1.33 bits per heavy atom. The van der Waals surface area contributed by atoms with Crippen LogP contribution in [0.5, 0.6) is 5.75 Å². The van der Waals surface area contributed by atoms with Crippen LogP contribution in [0.25, 0.3) is 0 Å². The molecule has 3 N–H and O–H groups in total. The molecule has 1 aromatic carbocycles. The molecule has 0 aromatic heterocycles. The second-order valence-electron chi connectivity index (χ2n) is 5.61. The molecule has 3 heteroatoms. The summed E-state index contributed by atoms with van der Waals surface area (Å²) in [5.41, 5.74) is 7.10. The number of hydrogen-bond acceptors (Lipinski definition) is 3. The van der Waals surface area contributed by atoms with Crippen LogP contribution in [0.3, 0.4) is 0 Å². The third kappa shape index (κ3) is 5.52. The molecule has 0 radical (unpaired) electrons. The molecule has 0 spiro atoms. The number of ether oxygens (including phenoxy) is 1. The molecule has 102 valence electrons. The first-order chi connectivity index (χ1) is 8.42. The zero-order valence-corrected chi connectivity index (χ0v) is 12.0. The average molecular weight is 250 g/mol. The van der Waals surface area contributed by atoms with Gasteiger partial charge < -0.3 is 15.8 Å². The number of nitrogens with two attached hydrogens (primary N) is 1. The number of hydrogen-bond donors (Lipinski definition) is 2. The maximum atomic E-state index is 5.96. The first-order valence-corrected chi connectivity index (χ1v) is 6.56. The van der Waals surface area contributed by atoms with E-state index in [1.54, 1.807) is 7.11 Å². The predicted molar refractivity (Wildman–Crippen MR) is 77.0 cm³/mol. The number of nitrogens with one attached hydrogen (secondary N) is 1. The zero-order valence-electron chi connectivity index (χ0n) is 12.0. The fraction of sp³-hybridized carbons (Fsp3) is 0.600. The molecule has 0 aliphatic rings. The molecule has 3 nitrogen and oxygen atoms in total. The molecule has 1 unspecified atom stereocenters. The van der Waals surface area contributed by atoms with E-state index in [0.29, 0.717) is 6.04 Å². The van der Waals surface area contributed by atoms with Crippen molar-refractivity contribution in [3.8, 4) is 5.75 Å². The number of methoxy groups -OCH3 is 1. The highest BCUT2D eigenvalue weighted by molar-refractivity contribution is 5.33. The van der Waals surface area contributed by atoms with Gasteiger partial charge in [0.25, 0.3) is 0 Å². The fourth-order valence-electron chi connectivity index (χ4n) is 1.91. The van der Waals surface area contributed by atoms with E-state index in [4.69, 9.17) is 10.5 Å². The SMILES string of the molecule is COc1ccccc1CC(C)NCCC(C)(C)N. The van der Waals surface area contributed by atoms with E-state index in [-0.39, 0.29) is 5.54 Å². The standard InChI is InChI=1S/C15H26N2O/c1-12(17-10-9-15(2,3)16)11-13-7-5-6-8-14(13)18-4/h5-8,12,17H,9-11,16H2,1-4H3. The maximum Gasteiger partial charge on any atom is 0.122 e. The van der Waals surface area contributed by atoms with Crippen molar-refractivity contribution in [1.82, 2.24) is 5.32 Å². The van der Waals surface area contributed by atoms with Crippen molar-refractivity contribution in [2.24, 2.45) is 5.73 Å². The summed E-state index contributed by atoms with van der Waals surface area (Å²) in [6, 6.07) is 8.59. The molecule has 1 rings (SSSR count). The smallest absolute Gasteiger partial charge is 0.122 e. The minimum Gasteiger partial charge on any atom is -0.496 e. The van der Waals surface area contributed by atoms with Crippen molar-refractivity contribution < 1.29 is 4.74 Å². The summed E-state index contributed by atoms with van der Waals surface area (Å²) in [6.07, 6.45) is 1.94. The van der Waals surface area contributed by atoms with Crippen LogP contribution in [0, 0.1) is 0 Å². The van der Waals surface area contributed by atoms with Crippen molar-refractivity contribution in [1.29, 1.82) is 0 Å². The van der Waals surface area contributed by atoms with E-state index < -0.39 is 0 Å². The Morgan fingerprint density at radius 3 is 2.61 bits per heavy atom. The van der Waals surface area contributed by atoms with E-state index in [1.165, 1.54) is 5.56 Å². The van der Waals surface area contributed by atoms with Gasteiger partial charge in [0.05, 0.1) is 7.11 Å². The lowest BCUT2D eigenvalue weighted by atomic mass is 10.0. The molecule has 1 atom stereocenters. The summed E-state index contributed by atoms with van der Waals surface area (Å²) in [5.74, 6) is 0.963. The molecule has 1 aromatic rings. The lowest BCUT2D eigenvalue weighted by Gasteiger charge is -2.21. The highest BCUT2D eigenvalue weighted by Gasteiger charge is 2.11. The van der Waals surface area contributed by atoms with E-state index in [0.717, 1.165) is 25.1 Å². The molecule has 0 saturated heterocycles. The summed E-state index contributed by atoms with van der Waals surface area (Å²) < 4.78 is 5.36. The minimum atomic E-state index is -0.100. The number of benzene rings is 1. The highest BCUT2D eigenvalue weighted by atomic mass is 16.5. The van der Waals surface area contributed by atoms with Crippen LogP contribution < -0.4 is 15.8 Å². The van der Waals surface area contributed by atoms with Crippen molar-refractivity contribution in [3.05, 3.63) is 29.8 Å². The van der Waals surface area contributed by atoms with Gasteiger partial charge in [-0.25, -0.2) is 0 Å². The molecular weight excluding hydrogens is 224 g/mol. The van der Waals surface area contributed by atoms with E-state index >= 15 is 0 Å². The quantitative estimate of drug-likeness (QED) is 0.781. The molecule has 0 aliphatic carbocycles. The van der Waals surface area contributed by atoms with Gasteiger partial charge >= 0.3 is 0 Å². The van der Waals surface area contributed by atoms with Crippen LogP contribution >= 0.6 is 0 Å². The van der Waals surface area contributed by atoms with Gasteiger partial charge in [-0.2, -0.15) is 0 Å². The van der Waals surface area contributed by atoms with Gasteiger partial charge in [-0.1, -0.05) is 18.2 Å². The van der Waals surface area contributed by atoms with Crippen LogP contribution in [-0.2, 0) is 6.42 Å². The summed E-state index contributed by atoms with van der Waals surface area (Å²) in [6.45, 7) is 7.24. The van der Waals surface area contributed by atoms with E-state index in [1.807, 2.05) is 18.2 Å². The normalized spacial score (nSPS) is 13.4. The first kappa shape index (κ1) is 15.0. The summed E-state index contributed by atoms with van der Waals surface area (Å²) in [7, 11) is 1.72. The van der Waals surface area contributed by atoms with Crippen LogP contribution in [0.4, 0.5) is 0 Å². The second kappa shape index (κ2) is 6.76. The Morgan fingerprint density at radius 2 is 2.00 bits per heavy atom. The third-order valence-electron chi connectivity index (χ3n) is 2.98. The van der Waals surface area contributed by atoms with Gasteiger partial charge in [-0.05, 0) is 51.8 Å². The van der Waals surface area contributed by atoms with Crippen molar-refractivity contribution in [2.75, 3.05) is 13.7 Å². The lowest BCUT2D eigenvalue weighted by molar-refractivity contribution is 0.402. The van der Waals surface area contributed by atoms with Crippen molar-refractivity contribution >= 4 is 0 Å². The molecule has 0 heterocycles. The number of para-hydroxylation sites is 1. The van der Waals surface area contributed by atoms with Crippen LogP contribution in [0.15, 0.2) is 24.3 Å². The molecule has 0 fully saturated rings. The van der Waals surface area contributed by atoms with Crippen LogP contribution in [-0.4, -0.2) is 25.2 Å². The lowest BCUT2D eigenvalue weighted by Crippen LogP contribution is -2.38. The molecule has 0 amide bonds. The highest BCUT2D eigenvalue weighted by Crippen LogP contribution is 2.18. The Bertz CT molecular complexity index is 358. The molecule has 0 aliphatic heterocycles. The van der Waals surface area contributed by atoms with Gasteiger partial charge in [-0.3, -0.25) is 0 Å². The Labute approximate surface area is 111 Å². The van der Waals surface area contributed by atoms with Crippen LogP contribution in [0.1, 0.15) is 32.8 Å². The fourth-order valence-corrected chi connectivity index (χ4v) is 1.91. The van der Waals surface area contributed by atoms with Crippen molar-refractivity contribution in [2.45, 2.75) is 45.2 Å². The van der Waals surface area contributed by atoms with Gasteiger partial charge in [0.15, 0.2) is 0 Å². The Kier molecular flexibility index (Phi) is 5.63. The maximum absolute atomic E-state index is 5.96. The summed E-state index contributed by atoms with van der Waals surface area (Å²) in [5, 5.41) is 3.50. The van der Waals surface area contributed by atoms with Gasteiger partial charge in [0.2, 0.25) is 0 Å². The monoisotopic (exact) mass is 250 g/mol. The van der Waals surface area contributed by atoms with Gasteiger partial charge in [0, 0.05) is 11.6 Å². The Balaban J connectivity index is 2.42. The third-order valence-corrected chi connectivity index (χ3v) is 2.98. The summed E-state index contributed by atoms with van der Waals surface area (Å²) >= 11 is 0. The average Bonchev–Trinajstić information content (AvgIpc) is 2.28. The Hall–Kier alpha value is -1.06. The van der Waals surface area contributed by atoms with E-state index in [2.05, 4.69) is 32.2 Å². The zero-order chi connectivity index (χ0) is 13.6. The largest absolute Gasteiger partial charge is 0.496 e. The molecular formula is C15H26N2O. The first-order valence-electron chi connectivity index (χ1n) is 6.56. The minimum absolute atomic E-state index is 0.100. The van der Waals surface area contributed by atoms with E-state index in [9.17, 15) is 0 Å². The van der Waals surface area contributed by atoms with Gasteiger partial charge in [-0.15, -0.1) is 0 Å². The predicted octanol–water partition coefficient (Wildman–Crippen LogP) is 2.34. The topological polar surface area (TPSA) is 47.3 Å². The molecule has 0 saturated carbocycles. The summed E-state index contributed by atoms with van der Waals surface area (Å²) in [4.78, 5) is 0. The van der Waals surface area contributed by atoms with Crippen LogP contribution in [0.2, 0.25) is 0 Å². The second-order valence-corrected chi connectivity index (χ2v) is 5.61.